The number of phenolic OH excluding ortho intramolecular Hbond substituents is 1. The van der Waals surface area contributed by atoms with Crippen LogP contribution in [0.3, 0.4) is 0 Å². The molecule has 1 aromatic carbocycles. The number of thiophene rings is 1. The third-order valence-electron chi connectivity index (χ3n) is 8.25. The van der Waals surface area contributed by atoms with E-state index in [0.717, 1.165) is 24.1 Å². The summed E-state index contributed by atoms with van der Waals surface area (Å²) in [5, 5.41) is 11.2. The van der Waals surface area contributed by atoms with Crippen LogP contribution in [-0.2, 0) is 26.4 Å². The number of hydrogen-bond acceptors (Lipinski definition) is 10. The molecule has 12 heteroatoms. The lowest BCUT2D eigenvalue weighted by atomic mass is 10.0. The number of aldehydes is 1. The van der Waals surface area contributed by atoms with Crippen molar-refractivity contribution in [3.05, 3.63) is 68.7 Å². The Labute approximate surface area is 245 Å². The molecule has 5 heterocycles. The van der Waals surface area contributed by atoms with Gasteiger partial charge in [-0.15, -0.1) is 11.3 Å². The Balaban J connectivity index is 1.56. The molecule has 4 aromatic rings. The lowest BCUT2D eigenvalue weighted by Gasteiger charge is -2.37. The van der Waals surface area contributed by atoms with E-state index in [9.17, 15) is 19.5 Å². The highest BCUT2D eigenvalue weighted by Gasteiger charge is 2.37. The highest BCUT2D eigenvalue weighted by Crippen LogP contribution is 2.37. The minimum atomic E-state index is -1.39. The average Bonchev–Trinajstić information content (AvgIpc) is 3.62. The molecule has 3 aromatic heterocycles. The van der Waals surface area contributed by atoms with Gasteiger partial charge in [0.1, 0.15) is 34.8 Å². The Hall–Kier alpha value is -3.58. The van der Waals surface area contributed by atoms with E-state index in [-0.39, 0.29) is 24.9 Å². The molecule has 0 amide bonds. The van der Waals surface area contributed by atoms with Gasteiger partial charge in [-0.25, -0.2) is 14.3 Å². The van der Waals surface area contributed by atoms with Crippen LogP contribution >= 0.6 is 11.3 Å². The monoisotopic (exact) mass is 594 g/mol. The van der Waals surface area contributed by atoms with Crippen LogP contribution in [0.1, 0.15) is 43.4 Å². The van der Waals surface area contributed by atoms with Crippen LogP contribution < -0.4 is 11.2 Å². The largest absolute Gasteiger partial charge is 0.508 e. The Bertz CT molecular complexity index is 1700. The second-order valence-corrected chi connectivity index (χ2v) is 12.2. The van der Waals surface area contributed by atoms with Crippen molar-refractivity contribution in [2.45, 2.75) is 57.4 Å². The van der Waals surface area contributed by atoms with Gasteiger partial charge in [0.15, 0.2) is 0 Å². The summed E-state index contributed by atoms with van der Waals surface area (Å²) in [6.07, 6.45) is 5.18. The van der Waals surface area contributed by atoms with Crippen molar-refractivity contribution >= 4 is 27.8 Å². The molecule has 2 aliphatic heterocycles. The number of rotatable bonds is 10. The molecule has 2 saturated heterocycles. The molecule has 222 valence electrons. The Morgan fingerprint density at radius 2 is 2.00 bits per heavy atom. The van der Waals surface area contributed by atoms with Gasteiger partial charge in [0, 0.05) is 25.3 Å². The standard InChI is InChI=1S/C30H34N4O7S/c1-19-24-27(37)34(30(2,18-35)17-32-11-5-12-32)29(38)33(28(24)42-25(19)26-31-10-15-40-26)16-23(21-6-3-4-7-22(21)36)41-20-8-13-39-14-9-20/h3-4,6-7,10,15,18,20,23,36H,5,8-9,11-14,16-17H2,1-2H3/t23-,30?/m1/s1. The number of fused-ring (bicyclic) bond motifs is 1. The van der Waals surface area contributed by atoms with Crippen LogP contribution in [0.4, 0.5) is 0 Å². The summed E-state index contributed by atoms with van der Waals surface area (Å²) in [7, 11) is 0. The van der Waals surface area contributed by atoms with E-state index < -0.39 is 22.9 Å². The number of benzene rings is 1. The van der Waals surface area contributed by atoms with E-state index >= 15 is 0 Å². The number of phenols is 1. The van der Waals surface area contributed by atoms with Gasteiger partial charge in [-0.2, -0.15) is 0 Å². The molecule has 0 radical (unpaired) electrons. The number of aryl methyl sites for hydroxylation is 1. The molecule has 2 atom stereocenters. The number of carbonyl (C=O) groups is 1. The van der Waals surface area contributed by atoms with Crippen LogP contribution in [-0.4, -0.2) is 69.4 Å². The molecule has 1 unspecified atom stereocenters. The quantitative estimate of drug-likeness (QED) is 0.275. The van der Waals surface area contributed by atoms with E-state index in [4.69, 9.17) is 13.9 Å². The molecule has 2 fully saturated rings. The number of ether oxygens (including phenoxy) is 2. The van der Waals surface area contributed by atoms with Crippen LogP contribution in [0, 0.1) is 6.92 Å². The lowest BCUT2D eigenvalue weighted by Crippen LogP contribution is -2.57. The molecular weight excluding hydrogens is 560 g/mol. The molecule has 0 bridgehead atoms. The van der Waals surface area contributed by atoms with Crippen LogP contribution in [0.25, 0.3) is 21.0 Å². The van der Waals surface area contributed by atoms with E-state index in [2.05, 4.69) is 9.88 Å². The second-order valence-electron chi connectivity index (χ2n) is 11.2. The van der Waals surface area contributed by atoms with Gasteiger partial charge in [0.25, 0.3) is 5.56 Å². The van der Waals surface area contributed by atoms with Crippen molar-refractivity contribution in [3.63, 3.8) is 0 Å². The molecule has 42 heavy (non-hydrogen) atoms. The third kappa shape index (κ3) is 5.13. The SMILES string of the molecule is Cc1c(-c2ncco2)sc2c1c(=O)n(C(C)(C=O)CN1CCC1)c(=O)n2C[C@@H](OC1CCOCC1)c1ccccc1O. The number of carbonyl (C=O) groups excluding carboxylic acids is 1. The minimum Gasteiger partial charge on any atom is -0.508 e. The van der Waals surface area contributed by atoms with Crippen LogP contribution in [0.5, 0.6) is 5.75 Å². The predicted octanol–water partition coefficient (Wildman–Crippen LogP) is 3.45. The summed E-state index contributed by atoms with van der Waals surface area (Å²) >= 11 is 1.24. The molecule has 6 rings (SSSR count). The van der Waals surface area contributed by atoms with Crippen molar-refractivity contribution in [1.82, 2.24) is 19.0 Å². The normalized spacial score (nSPS) is 18.5. The van der Waals surface area contributed by atoms with E-state index in [1.54, 1.807) is 38.1 Å². The first-order valence-electron chi connectivity index (χ1n) is 14.2. The number of nitrogens with zero attached hydrogens (tertiary/aromatic N) is 4. The van der Waals surface area contributed by atoms with Gasteiger partial charge in [0.2, 0.25) is 5.89 Å². The van der Waals surface area contributed by atoms with Crippen molar-refractivity contribution in [1.29, 1.82) is 0 Å². The Morgan fingerprint density at radius 1 is 1.24 bits per heavy atom. The number of likely N-dealkylation sites (tertiary alicyclic amines) is 1. The summed E-state index contributed by atoms with van der Waals surface area (Å²) in [4.78, 5) is 48.6. The molecule has 2 aliphatic rings. The van der Waals surface area contributed by atoms with E-state index in [0.29, 0.717) is 64.5 Å². The van der Waals surface area contributed by atoms with Crippen molar-refractivity contribution in [3.8, 4) is 16.5 Å². The molecule has 0 saturated carbocycles. The van der Waals surface area contributed by atoms with Crippen LogP contribution in [0.2, 0.25) is 0 Å². The summed E-state index contributed by atoms with van der Waals surface area (Å²) in [5.41, 5.74) is -1.39. The average molecular weight is 595 g/mol. The maximum absolute atomic E-state index is 14.4. The predicted molar refractivity (Wildman–Crippen MR) is 157 cm³/mol. The highest BCUT2D eigenvalue weighted by atomic mass is 32.1. The van der Waals surface area contributed by atoms with Crippen molar-refractivity contribution < 1.29 is 23.8 Å². The smallest absolute Gasteiger partial charge is 0.333 e. The summed E-state index contributed by atoms with van der Waals surface area (Å²) in [5.74, 6) is 0.388. The number of hydrogen-bond donors (Lipinski definition) is 1. The molecule has 0 aliphatic carbocycles. The maximum atomic E-state index is 14.4. The zero-order valence-corrected chi connectivity index (χ0v) is 24.5. The Kier molecular flexibility index (Phi) is 7.88. The van der Waals surface area contributed by atoms with E-state index in [1.807, 2.05) is 0 Å². The first-order valence-corrected chi connectivity index (χ1v) is 15.0. The van der Waals surface area contributed by atoms with Gasteiger partial charge in [0.05, 0.1) is 29.1 Å². The number of oxazole rings is 1. The topological polar surface area (TPSA) is 129 Å². The molecule has 11 nitrogen and oxygen atoms in total. The van der Waals surface area contributed by atoms with Gasteiger partial charge in [-0.3, -0.25) is 9.36 Å². The van der Waals surface area contributed by atoms with Gasteiger partial charge in [-0.1, -0.05) is 18.2 Å². The zero-order chi connectivity index (χ0) is 29.4. The van der Waals surface area contributed by atoms with Gasteiger partial charge >= 0.3 is 5.69 Å². The first kappa shape index (κ1) is 28.5. The van der Waals surface area contributed by atoms with E-state index in [1.165, 1.54) is 28.4 Å². The molecular formula is C30H34N4O7S. The summed E-state index contributed by atoms with van der Waals surface area (Å²) in [6.45, 7) is 6.40. The fourth-order valence-electron chi connectivity index (χ4n) is 5.84. The Morgan fingerprint density at radius 3 is 2.64 bits per heavy atom. The number of aromatic nitrogens is 3. The highest BCUT2D eigenvalue weighted by molar-refractivity contribution is 7.22. The minimum absolute atomic E-state index is 0.00811. The maximum Gasteiger partial charge on any atom is 0.333 e. The van der Waals surface area contributed by atoms with Crippen LogP contribution in [0.15, 0.2) is 50.7 Å². The summed E-state index contributed by atoms with van der Waals surface area (Å²) < 4.78 is 20.2. The lowest BCUT2D eigenvalue weighted by molar-refractivity contribution is -0.116. The number of para-hydroxylation sites is 1. The summed E-state index contributed by atoms with van der Waals surface area (Å²) in [6, 6.07) is 6.89. The second kappa shape index (κ2) is 11.6. The third-order valence-corrected chi connectivity index (χ3v) is 9.56. The molecule has 1 N–H and O–H groups in total. The zero-order valence-electron chi connectivity index (χ0n) is 23.7. The number of aromatic hydroxyl groups is 1. The van der Waals surface area contributed by atoms with Gasteiger partial charge < -0.3 is 28.7 Å². The fraction of sp³-hybridized carbons (Fsp3) is 0.467. The van der Waals surface area contributed by atoms with Crippen molar-refractivity contribution in [2.75, 3.05) is 32.8 Å². The van der Waals surface area contributed by atoms with Crippen molar-refractivity contribution in [2.24, 2.45) is 0 Å². The first-order chi connectivity index (χ1) is 20.3. The fourth-order valence-corrected chi connectivity index (χ4v) is 7.08. The molecule has 0 spiro atoms. The van der Waals surface area contributed by atoms with Gasteiger partial charge in [-0.05, 0) is 57.8 Å².